The van der Waals surface area contributed by atoms with E-state index in [1.165, 1.54) is 0 Å². The van der Waals surface area contributed by atoms with Crippen LogP contribution in [0, 0.1) is 0 Å². The predicted molar refractivity (Wildman–Crippen MR) is 48.6 cm³/mol. The summed E-state index contributed by atoms with van der Waals surface area (Å²) in [5, 5.41) is 0. The average molecular weight is 156 g/mol. The topological polar surface area (TPSA) is 9.23 Å². The smallest absolute Gasteiger partial charge is 0.118 e. The molecular weight excluding hydrogens is 143 g/mol. The van der Waals surface area contributed by atoms with Crippen LogP contribution in [0.1, 0.15) is 0 Å². The lowest BCUT2D eigenvalue weighted by Gasteiger charge is -1.93. The first-order valence-corrected chi connectivity index (χ1v) is 4.26. The lowest BCUT2D eigenvalue weighted by Crippen LogP contribution is -1.78. The van der Waals surface area contributed by atoms with E-state index in [1.54, 1.807) is 7.11 Å². The Labute approximate surface area is 64.6 Å². The lowest BCUT2D eigenvalue weighted by atomic mass is 10.3. The number of hydrogen-bond acceptors (Lipinski definition) is 1. The summed E-state index contributed by atoms with van der Waals surface area (Å²) >= 11 is 0. The lowest BCUT2D eigenvalue weighted by molar-refractivity contribution is 0.415. The minimum Gasteiger partial charge on any atom is -0.497 e. The summed E-state index contributed by atoms with van der Waals surface area (Å²) in [6, 6.07) is 9.68. The third-order valence-electron chi connectivity index (χ3n) is 0.979. The first-order chi connectivity index (χ1) is 4.93. The Kier molecular flexibility index (Phi) is 6.21. The van der Waals surface area contributed by atoms with E-state index in [2.05, 4.69) is 9.24 Å². The summed E-state index contributed by atoms with van der Waals surface area (Å²) in [7, 11) is 4.08. The van der Waals surface area contributed by atoms with Gasteiger partial charge in [0.1, 0.15) is 5.75 Å². The minimum atomic E-state index is 0.910. The largest absolute Gasteiger partial charge is 0.497 e. The van der Waals surface area contributed by atoms with Crippen molar-refractivity contribution >= 4 is 9.24 Å². The minimum absolute atomic E-state index is 0.910. The highest BCUT2D eigenvalue weighted by molar-refractivity contribution is 7.15. The number of para-hydroxylation sites is 1. The fourth-order valence-electron chi connectivity index (χ4n) is 0.557. The first-order valence-electron chi connectivity index (χ1n) is 3.10. The highest BCUT2D eigenvalue weighted by Crippen LogP contribution is 2.05. The van der Waals surface area contributed by atoms with Crippen LogP contribution in [-0.2, 0) is 0 Å². The molecule has 0 N–H and O–H groups in total. The molecule has 1 atom stereocenters. The fourth-order valence-corrected chi connectivity index (χ4v) is 0.557. The molecule has 0 aliphatic rings. The second-order valence-electron chi connectivity index (χ2n) is 1.52. The van der Waals surface area contributed by atoms with E-state index in [4.69, 9.17) is 4.74 Å². The molecule has 1 rings (SSSR count). The molecule has 0 aliphatic heterocycles. The van der Waals surface area contributed by atoms with Crippen molar-refractivity contribution in [3.63, 3.8) is 0 Å². The molecule has 0 spiro atoms. The number of methoxy groups -OCH3 is 1. The Bertz CT molecular complexity index is 151. The molecule has 56 valence electrons. The predicted octanol–water partition coefficient (Wildman–Crippen LogP) is 2.19. The van der Waals surface area contributed by atoms with Crippen LogP contribution in [0.4, 0.5) is 0 Å². The third-order valence-corrected chi connectivity index (χ3v) is 0.979. The van der Waals surface area contributed by atoms with Crippen LogP contribution in [0.5, 0.6) is 5.75 Å². The third kappa shape index (κ3) is 3.47. The fraction of sp³-hybridized carbons (Fsp3) is 0.250. The van der Waals surface area contributed by atoms with Gasteiger partial charge in [0.2, 0.25) is 0 Å². The summed E-state index contributed by atoms with van der Waals surface area (Å²) < 4.78 is 4.91. The summed E-state index contributed by atoms with van der Waals surface area (Å²) in [6.07, 6.45) is 0. The first kappa shape index (κ1) is 9.45. The molecule has 2 heteroatoms. The summed E-state index contributed by atoms with van der Waals surface area (Å²) in [5.41, 5.74) is 0. The van der Waals surface area contributed by atoms with Crippen LogP contribution in [0.25, 0.3) is 0 Å². The number of hydrogen-bond donors (Lipinski definition) is 0. The van der Waals surface area contributed by atoms with E-state index in [-0.39, 0.29) is 0 Å². The highest BCUT2D eigenvalue weighted by Gasteiger charge is 1.80. The molecule has 1 nitrogen and oxygen atoms in total. The van der Waals surface area contributed by atoms with E-state index in [0.717, 1.165) is 5.75 Å². The monoisotopic (exact) mass is 156 g/mol. The van der Waals surface area contributed by atoms with Crippen LogP contribution < -0.4 is 4.74 Å². The Morgan fingerprint density at radius 2 is 1.60 bits per heavy atom. The van der Waals surface area contributed by atoms with E-state index in [1.807, 2.05) is 37.0 Å². The van der Waals surface area contributed by atoms with Crippen molar-refractivity contribution in [2.75, 3.05) is 13.8 Å². The van der Waals surface area contributed by atoms with E-state index < -0.39 is 0 Å². The average Bonchev–Trinajstić information content (AvgIpc) is 2.10. The van der Waals surface area contributed by atoms with Gasteiger partial charge in [-0.2, -0.15) is 0 Å². The molecule has 1 unspecified atom stereocenters. The van der Waals surface area contributed by atoms with Crippen molar-refractivity contribution in [1.29, 1.82) is 0 Å². The van der Waals surface area contributed by atoms with Crippen LogP contribution in [0.2, 0.25) is 0 Å². The zero-order valence-corrected chi connectivity index (χ0v) is 7.53. The van der Waals surface area contributed by atoms with Crippen LogP contribution in [0.3, 0.4) is 0 Å². The van der Waals surface area contributed by atoms with Crippen LogP contribution in [-0.4, -0.2) is 13.8 Å². The molecule has 1 aromatic rings. The van der Waals surface area contributed by atoms with Crippen molar-refractivity contribution in [2.24, 2.45) is 0 Å². The highest BCUT2D eigenvalue weighted by atomic mass is 31.0. The molecule has 0 saturated heterocycles. The van der Waals surface area contributed by atoms with E-state index in [0.29, 0.717) is 0 Å². The van der Waals surface area contributed by atoms with Crippen molar-refractivity contribution in [3.05, 3.63) is 30.3 Å². The van der Waals surface area contributed by atoms with Crippen molar-refractivity contribution in [2.45, 2.75) is 0 Å². The second kappa shape index (κ2) is 6.57. The quantitative estimate of drug-likeness (QED) is 0.566. The van der Waals surface area contributed by atoms with Gasteiger partial charge in [-0.05, 0) is 12.1 Å². The summed E-state index contributed by atoms with van der Waals surface area (Å²) in [5.74, 6) is 0.910. The van der Waals surface area contributed by atoms with Gasteiger partial charge in [0.25, 0.3) is 0 Å². The standard InChI is InChI=1S/C7H8O.CH5P/c1-8-7-5-3-2-4-6-7;1-2/h2-6H,1H3;2H2,1H3. The van der Waals surface area contributed by atoms with Gasteiger partial charge in [0.05, 0.1) is 7.11 Å². The normalized spacial score (nSPS) is 7.50. The van der Waals surface area contributed by atoms with Crippen molar-refractivity contribution in [1.82, 2.24) is 0 Å². The SMILES string of the molecule is COc1ccccc1.CP. The number of ether oxygens (including phenoxy) is 1. The summed E-state index contributed by atoms with van der Waals surface area (Å²) in [4.78, 5) is 0. The van der Waals surface area contributed by atoms with E-state index >= 15 is 0 Å². The number of benzene rings is 1. The molecule has 0 saturated carbocycles. The Morgan fingerprint density at radius 3 is 1.90 bits per heavy atom. The van der Waals surface area contributed by atoms with Crippen LogP contribution in [0.15, 0.2) is 30.3 Å². The Hall–Kier alpha value is -0.550. The van der Waals surface area contributed by atoms with Gasteiger partial charge in [-0.1, -0.05) is 24.9 Å². The van der Waals surface area contributed by atoms with Gasteiger partial charge in [-0.15, -0.1) is 9.24 Å². The maximum absolute atomic E-state index is 4.91. The molecule has 1 aromatic carbocycles. The summed E-state index contributed by atoms with van der Waals surface area (Å²) in [6.45, 7) is 1.92. The number of rotatable bonds is 1. The molecule has 0 heterocycles. The van der Waals surface area contributed by atoms with Gasteiger partial charge < -0.3 is 4.74 Å². The molecule has 10 heavy (non-hydrogen) atoms. The van der Waals surface area contributed by atoms with Gasteiger partial charge in [-0.3, -0.25) is 0 Å². The second-order valence-corrected chi connectivity index (χ2v) is 1.52. The Morgan fingerprint density at radius 1 is 1.10 bits per heavy atom. The van der Waals surface area contributed by atoms with Gasteiger partial charge in [0.15, 0.2) is 0 Å². The molecule has 0 amide bonds. The zero-order chi connectivity index (χ0) is 7.82. The van der Waals surface area contributed by atoms with Gasteiger partial charge in [0, 0.05) is 0 Å². The molecule has 0 fully saturated rings. The van der Waals surface area contributed by atoms with Crippen molar-refractivity contribution < 1.29 is 4.74 Å². The molecular formula is C8H13OP. The molecule has 0 aliphatic carbocycles. The zero-order valence-electron chi connectivity index (χ0n) is 6.37. The van der Waals surface area contributed by atoms with Gasteiger partial charge in [-0.25, -0.2) is 0 Å². The van der Waals surface area contributed by atoms with Gasteiger partial charge >= 0.3 is 0 Å². The molecule has 0 radical (unpaired) electrons. The Balaban J connectivity index is 0.000000371. The maximum atomic E-state index is 4.91. The van der Waals surface area contributed by atoms with Crippen LogP contribution >= 0.6 is 9.24 Å². The maximum Gasteiger partial charge on any atom is 0.118 e. The van der Waals surface area contributed by atoms with Crippen molar-refractivity contribution in [3.8, 4) is 5.75 Å². The molecule has 0 aromatic heterocycles. The molecule has 0 bridgehead atoms. The van der Waals surface area contributed by atoms with E-state index in [9.17, 15) is 0 Å².